The monoisotopic (exact) mass is 278 g/mol. The summed E-state index contributed by atoms with van der Waals surface area (Å²) in [6.07, 6.45) is 1.06. The van der Waals surface area contributed by atoms with E-state index in [4.69, 9.17) is 9.84 Å². The maximum absolute atomic E-state index is 11.6. The molecule has 0 aliphatic carbocycles. The predicted octanol–water partition coefficient (Wildman–Crippen LogP) is -0.989. The van der Waals surface area contributed by atoms with Crippen molar-refractivity contribution >= 4 is 22.0 Å². The summed E-state index contributed by atoms with van der Waals surface area (Å²) < 4.78 is 33.3. The van der Waals surface area contributed by atoms with Gasteiger partial charge in [0.05, 0.1) is 12.8 Å². The minimum Gasteiger partial charge on any atom is -0.477 e. The van der Waals surface area contributed by atoms with Crippen molar-refractivity contribution in [3.8, 4) is 0 Å². The number of hydrogen-bond donors (Lipinski definition) is 3. The molecule has 1 aromatic heterocycles. The first kappa shape index (κ1) is 14.4. The van der Waals surface area contributed by atoms with E-state index < -0.39 is 16.2 Å². The number of nitrogens with one attached hydrogen (secondary N) is 2. The second kappa shape index (κ2) is 5.80. The fourth-order valence-electron chi connectivity index (χ4n) is 1.16. The van der Waals surface area contributed by atoms with Gasteiger partial charge in [0.15, 0.2) is 5.82 Å². The third-order valence-electron chi connectivity index (χ3n) is 2.00. The van der Waals surface area contributed by atoms with Gasteiger partial charge in [0.25, 0.3) is 10.2 Å². The fraction of sp³-hybridized carbons (Fsp3) is 0.500. The van der Waals surface area contributed by atoms with E-state index in [-0.39, 0.29) is 24.5 Å². The molecule has 3 N–H and O–H groups in total. The zero-order valence-corrected chi connectivity index (χ0v) is 10.7. The maximum Gasteiger partial charge on any atom is 0.341 e. The molecule has 0 bridgehead atoms. The van der Waals surface area contributed by atoms with Crippen molar-refractivity contribution in [1.29, 1.82) is 0 Å². The highest BCUT2D eigenvalue weighted by Crippen LogP contribution is 2.14. The summed E-state index contributed by atoms with van der Waals surface area (Å²) >= 11 is 0. The van der Waals surface area contributed by atoms with Crippen molar-refractivity contribution < 1.29 is 23.1 Å². The number of aromatic carboxylic acids is 1. The van der Waals surface area contributed by atoms with Crippen molar-refractivity contribution in [2.75, 3.05) is 25.0 Å². The number of hydrogen-bond acceptors (Lipinski definition) is 5. The number of methoxy groups -OCH3 is 1. The van der Waals surface area contributed by atoms with E-state index in [0.29, 0.717) is 0 Å². The van der Waals surface area contributed by atoms with Gasteiger partial charge in [-0.2, -0.15) is 18.2 Å². The van der Waals surface area contributed by atoms with Crippen molar-refractivity contribution in [3.05, 3.63) is 11.8 Å². The lowest BCUT2D eigenvalue weighted by Crippen LogP contribution is -2.33. The molecule has 0 saturated carbocycles. The summed E-state index contributed by atoms with van der Waals surface area (Å²) in [5.74, 6) is -1.38. The molecule has 102 valence electrons. The van der Waals surface area contributed by atoms with Gasteiger partial charge in [-0.15, -0.1) is 0 Å². The summed E-state index contributed by atoms with van der Waals surface area (Å²) in [5.41, 5.74) is -0.227. The number of carboxylic acids is 1. The van der Waals surface area contributed by atoms with Gasteiger partial charge in [-0.25, -0.2) is 4.79 Å². The molecular weight excluding hydrogens is 264 g/mol. The molecule has 0 amide bonds. The molecule has 0 aliphatic heterocycles. The van der Waals surface area contributed by atoms with Crippen LogP contribution in [0.15, 0.2) is 6.20 Å². The third-order valence-corrected chi connectivity index (χ3v) is 3.04. The van der Waals surface area contributed by atoms with Crippen LogP contribution in [0, 0.1) is 0 Å². The van der Waals surface area contributed by atoms with Crippen molar-refractivity contribution in [2.24, 2.45) is 7.05 Å². The Bertz CT molecular complexity index is 524. The number of anilines is 1. The quantitative estimate of drug-likeness (QED) is 0.550. The van der Waals surface area contributed by atoms with Gasteiger partial charge in [-0.1, -0.05) is 0 Å². The Hall–Kier alpha value is -1.65. The third kappa shape index (κ3) is 3.68. The molecule has 0 spiro atoms. The Morgan fingerprint density at radius 3 is 2.83 bits per heavy atom. The predicted molar refractivity (Wildman–Crippen MR) is 62.6 cm³/mol. The Kier molecular flexibility index (Phi) is 4.64. The molecule has 1 heterocycles. The minimum absolute atomic E-state index is 0.0755. The van der Waals surface area contributed by atoms with Crippen LogP contribution < -0.4 is 9.44 Å². The summed E-state index contributed by atoms with van der Waals surface area (Å²) in [6.45, 7) is 0.282. The maximum atomic E-state index is 11.6. The Morgan fingerprint density at radius 1 is 1.61 bits per heavy atom. The van der Waals surface area contributed by atoms with E-state index in [1.165, 1.54) is 14.2 Å². The second-order valence-corrected chi connectivity index (χ2v) is 4.83. The number of ether oxygens (including phenoxy) is 1. The molecule has 0 aliphatic rings. The molecule has 18 heavy (non-hydrogen) atoms. The molecule has 0 saturated heterocycles. The van der Waals surface area contributed by atoms with Crippen LogP contribution in [0.25, 0.3) is 0 Å². The van der Waals surface area contributed by atoms with Gasteiger partial charge in [0, 0.05) is 20.7 Å². The van der Waals surface area contributed by atoms with E-state index >= 15 is 0 Å². The van der Waals surface area contributed by atoms with Gasteiger partial charge in [0.2, 0.25) is 0 Å². The average molecular weight is 278 g/mol. The van der Waals surface area contributed by atoms with Crippen molar-refractivity contribution in [1.82, 2.24) is 14.5 Å². The van der Waals surface area contributed by atoms with Crippen molar-refractivity contribution in [3.63, 3.8) is 0 Å². The summed E-state index contributed by atoms with van der Waals surface area (Å²) in [6, 6.07) is 0. The molecule has 0 aromatic carbocycles. The average Bonchev–Trinajstić information content (AvgIpc) is 2.60. The van der Waals surface area contributed by atoms with E-state index in [0.717, 1.165) is 10.9 Å². The minimum atomic E-state index is -3.86. The van der Waals surface area contributed by atoms with Gasteiger partial charge in [-0.3, -0.25) is 9.40 Å². The number of aromatic nitrogens is 2. The van der Waals surface area contributed by atoms with Crippen LogP contribution in [0.1, 0.15) is 10.4 Å². The molecule has 1 aromatic rings. The lowest BCUT2D eigenvalue weighted by molar-refractivity contribution is 0.0698. The Labute approximate surface area is 104 Å². The van der Waals surface area contributed by atoms with Crippen LogP contribution in [0.2, 0.25) is 0 Å². The lowest BCUT2D eigenvalue weighted by atomic mass is 10.3. The van der Waals surface area contributed by atoms with Crippen LogP contribution in [0.4, 0.5) is 5.82 Å². The molecule has 9 nitrogen and oxygen atoms in total. The summed E-state index contributed by atoms with van der Waals surface area (Å²) in [7, 11) is -0.994. The smallest absolute Gasteiger partial charge is 0.341 e. The van der Waals surface area contributed by atoms with Crippen molar-refractivity contribution in [2.45, 2.75) is 0 Å². The Morgan fingerprint density at radius 2 is 2.28 bits per heavy atom. The number of aryl methyl sites for hydroxylation is 1. The first-order valence-electron chi connectivity index (χ1n) is 4.89. The second-order valence-electron chi connectivity index (χ2n) is 3.33. The van der Waals surface area contributed by atoms with Gasteiger partial charge in [-0.05, 0) is 0 Å². The zero-order valence-electron chi connectivity index (χ0n) is 9.87. The van der Waals surface area contributed by atoms with E-state index in [2.05, 4.69) is 14.5 Å². The molecular formula is C8H14N4O5S. The topological polar surface area (TPSA) is 123 Å². The highest BCUT2D eigenvalue weighted by atomic mass is 32.2. The van der Waals surface area contributed by atoms with Crippen LogP contribution in [0.3, 0.4) is 0 Å². The molecule has 0 fully saturated rings. The van der Waals surface area contributed by atoms with Gasteiger partial charge >= 0.3 is 5.97 Å². The largest absolute Gasteiger partial charge is 0.477 e. The summed E-state index contributed by atoms with van der Waals surface area (Å²) in [5, 5.41) is 12.5. The first-order valence-corrected chi connectivity index (χ1v) is 6.37. The molecule has 0 atom stereocenters. The molecule has 0 unspecified atom stereocenters. The van der Waals surface area contributed by atoms with Gasteiger partial charge in [0.1, 0.15) is 5.56 Å². The Balaban J connectivity index is 2.84. The van der Waals surface area contributed by atoms with Crippen LogP contribution in [0.5, 0.6) is 0 Å². The van der Waals surface area contributed by atoms with E-state index in [1.807, 2.05) is 0 Å². The highest BCUT2D eigenvalue weighted by Gasteiger charge is 2.19. The SMILES string of the molecule is COCCNS(=O)(=O)Nc1c(C(=O)O)cnn1C. The van der Waals surface area contributed by atoms with E-state index in [1.54, 1.807) is 0 Å². The first-order chi connectivity index (χ1) is 8.37. The van der Waals surface area contributed by atoms with Gasteiger partial charge < -0.3 is 9.84 Å². The highest BCUT2D eigenvalue weighted by molar-refractivity contribution is 7.90. The number of nitrogens with zero attached hydrogens (tertiary/aromatic N) is 2. The number of carboxylic acid groups (broad SMARTS) is 1. The number of rotatable bonds is 7. The fourth-order valence-corrected chi connectivity index (χ4v) is 2.08. The normalized spacial score (nSPS) is 11.4. The van der Waals surface area contributed by atoms with Crippen LogP contribution in [-0.2, 0) is 22.0 Å². The van der Waals surface area contributed by atoms with E-state index in [9.17, 15) is 13.2 Å². The molecule has 1 rings (SSSR count). The number of carbonyl (C=O) groups is 1. The summed E-state index contributed by atoms with van der Waals surface area (Å²) in [4.78, 5) is 10.9. The zero-order chi connectivity index (χ0) is 13.8. The molecule has 10 heteroatoms. The van der Waals surface area contributed by atoms with Crippen LogP contribution in [-0.4, -0.2) is 49.5 Å². The molecule has 0 radical (unpaired) electrons. The standard InChI is InChI=1S/C8H14N4O5S/c1-12-7(6(5-9-12)8(13)14)11-18(15,16)10-3-4-17-2/h5,10-11H,3-4H2,1-2H3,(H,13,14). The lowest BCUT2D eigenvalue weighted by Gasteiger charge is -2.09. The van der Waals surface area contributed by atoms with Crippen LogP contribution >= 0.6 is 0 Å².